The molecule has 0 radical (unpaired) electrons. The molecule has 2 aromatic rings. The molecule has 0 aromatic carbocycles. The largest absolute Gasteiger partial charge is 0.460 e. The van der Waals surface area contributed by atoms with Crippen molar-refractivity contribution in [2.45, 2.75) is 25.1 Å². The highest BCUT2D eigenvalue weighted by molar-refractivity contribution is 5.40. The van der Waals surface area contributed by atoms with Crippen LogP contribution in [0.2, 0.25) is 0 Å². The summed E-state index contributed by atoms with van der Waals surface area (Å²) in [7, 11) is 0. The van der Waals surface area contributed by atoms with Crippen LogP contribution in [0.4, 0.5) is 23.4 Å². The number of pyridine rings is 1. The summed E-state index contributed by atoms with van der Waals surface area (Å²) in [5.74, 6) is -0.255. The Kier molecular flexibility index (Phi) is 4.50. The summed E-state index contributed by atoms with van der Waals surface area (Å²) in [6.45, 7) is 1.00. The molecule has 0 atom stereocenters. The maximum atomic E-state index is 12.7. The minimum atomic E-state index is -4.46. The predicted molar refractivity (Wildman–Crippen MR) is 77.1 cm³/mol. The number of nitrogens with zero attached hydrogens (tertiary/aromatic N) is 4. The Morgan fingerprint density at radius 2 is 1.75 bits per heavy atom. The number of halogens is 4. The van der Waals surface area contributed by atoms with Crippen molar-refractivity contribution >= 4 is 5.82 Å². The maximum Gasteiger partial charge on any atom is 0.433 e. The Hall–Kier alpha value is -2.45. The van der Waals surface area contributed by atoms with Gasteiger partial charge in [0.2, 0.25) is 0 Å². The average molecular weight is 342 g/mol. The predicted octanol–water partition coefficient (Wildman–Crippen LogP) is 3.08. The first-order valence-corrected chi connectivity index (χ1v) is 7.35. The van der Waals surface area contributed by atoms with Crippen molar-refractivity contribution in [3.8, 4) is 6.01 Å². The standard InChI is InChI=1S/C15H14F4N4O/c16-10-8-20-14(21-9-10)24-11-4-6-23(7-5-11)13-3-1-2-12(22-13)15(17,18)19/h1-3,8-9,11H,4-7H2. The average Bonchev–Trinajstić information content (AvgIpc) is 2.57. The van der Waals surface area contributed by atoms with Gasteiger partial charge in [-0.05, 0) is 12.1 Å². The number of hydrogen-bond donors (Lipinski definition) is 0. The zero-order chi connectivity index (χ0) is 17.2. The first-order valence-electron chi connectivity index (χ1n) is 7.35. The molecule has 0 spiro atoms. The van der Waals surface area contributed by atoms with Crippen LogP contribution in [-0.4, -0.2) is 34.1 Å². The van der Waals surface area contributed by atoms with E-state index >= 15 is 0 Å². The van der Waals surface area contributed by atoms with Crippen molar-refractivity contribution in [2.75, 3.05) is 18.0 Å². The molecule has 128 valence electrons. The van der Waals surface area contributed by atoms with Crippen LogP contribution in [0.15, 0.2) is 30.6 Å². The summed E-state index contributed by atoms with van der Waals surface area (Å²) >= 11 is 0. The molecule has 0 amide bonds. The van der Waals surface area contributed by atoms with Crippen LogP contribution in [0.25, 0.3) is 0 Å². The van der Waals surface area contributed by atoms with E-state index in [0.717, 1.165) is 18.5 Å². The third kappa shape index (κ3) is 3.90. The molecule has 1 aliphatic rings. The van der Waals surface area contributed by atoms with Crippen molar-refractivity contribution in [3.05, 3.63) is 42.1 Å². The second kappa shape index (κ2) is 6.58. The molecule has 0 aliphatic carbocycles. The molecule has 9 heteroatoms. The van der Waals surface area contributed by atoms with E-state index in [1.54, 1.807) is 11.0 Å². The second-order valence-corrected chi connectivity index (χ2v) is 5.37. The molecule has 1 saturated heterocycles. The number of alkyl halides is 3. The number of anilines is 1. The van der Waals surface area contributed by atoms with E-state index < -0.39 is 17.7 Å². The van der Waals surface area contributed by atoms with Gasteiger partial charge in [-0.25, -0.2) is 19.3 Å². The molecule has 1 aliphatic heterocycles. The van der Waals surface area contributed by atoms with Gasteiger partial charge in [0.05, 0.1) is 12.4 Å². The summed E-state index contributed by atoms with van der Waals surface area (Å²) in [5, 5.41) is 0. The summed E-state index contributed by atoms with van der Waals surface area (Å²) in [4.78, 5) is 12.9. The molecular weight excluding hydrogens is 328 g/mol. The Balaban J connectivity index is 1.60. The molecule has 1 fully saturated rings. The van der Waals surface area contributed by atoms with Crippen molar-refractivity contribution < 1.29 is 22.3 Å². The van der Waals surface area contributed by atoms with Crippen molar-refractivity contribution in [1.82, 2.24) is 15.0 Å². The zero-order valence-corrected chi connectivity index (χ0v) is 12.5. The fraction of sp³-hybridized carbons (Fsp3) is 0.400. The fourth-order valence-corrected chi connectivity index (χ4v) is 2.47. The maximum absolute atomic E-state index is 12.7. The van der Waals surface area contributed by atoms with Gasteiger partial charge < -0.3 is 9.64 Å². The molecule has 5 nitrogen and oxygen atoms in total. The third-order valence-electron chi connectivity index (χ3n) is 3.66. The Labute approximate surface area is 135 Å². The van der Waals surface area contributed by atoms with Gasteiger partial charge in [-0.3, -0.25) is 0 Å². The molecule has 3 rings (SSSR count). The molecular formula is C15H14F4N4O. The van der Waals surface area contributed by atoms with Crippen LogP contribution in [0.3, 0.4) is 0 Å². The van der Waals surface area contributed by atoms with Crippen molar-refractivity contribution in [2.24, 2.45) is 0 Å². The number of piperidine rings is 1. The normalized spacial score (nSPS) is 16.2. The first-order chi connectivity index (χ1) is 11.4. The molecule has 0 bridgehead atoms. The SMILES string of the molecule is Fc1cnc(OC2CCN(c3cccc(C(F)(F)F)n3)CC2)nc1. The van der Waals surface area contributed by atoms with Gasteiger partial charge in [0.25, 0.3) is 0 Å². The van der Waals surface area contributed by atoms with Crippen LogP contribution < -0.4 is 9.64 Å². The van der Waals surface area contributed by atoms with E-state index in [9.17, 15) is 17.6 Å². The number of aromatic nitrogens is 3. The minimum Gasteiger partial charge on any atom is -0.460 e. The number of rotatable bonds is 3. The van der Waals surface area contributed by atoms with E-state index in [1.165, 1.54) is 6.07 Å². The third-order valence-corrected chi connectivity index (χ3v) is 3.66. The molecule has 3 heterocycles. The lowest BCUT2D eigenvalue weighted by Gasteiger charge is -2.32. The van der Waals surface area contributed by atoms with E-state index in [-0.39, 0.29) is 12.1 Å². The first kappa shape index (κ1) is 16.4. The van der Waals surface area contributed by atoms with Gasteiger partial charge in [-0.15, -0.1) is 0 Å². The molecule has 0 unspecified atom stereocenters. The minimum absolute atomic E-state index is 0.0899. The Morgan fingerprint density at radius 3 is 2.38 bits per heavy atom. The van der Waals surface area contributed by atoms with E-state index in [2.05, 4.69) is 15.0 Å². The highest BCUT2D eigenvalue weighted by atomic mass is 19.4. The van der Waals surface area contributed by atoms with Crippen molar-refractivity contribution in [3.63, 3.8) is 0 Å². The van der Waals surface area contributed by atoms with Crippen LogP contribution in [0.5, 0.6) is 6.01 Å². The van der Waals surface area contributed by atoms with Gasteiger partial charge in [0.15, 0.2) is 5.82 Å². The summed E-state index contributed by atoms with van der Waals surface area (Å²) in [5.41, 5.74) is -0.905. The van der Waals surface area contributed by atoms with Gasteiger partial charge in [0, 0.05) is 25.9 Å². The number of hydrogen-bond acceptors (Lipinski definition) is 5. The van der Waals surface area contributed by atoms with E-state index in [0.29, 0.717) is 31.7 Å². The molecule has 24 heavy (non-hydrogen) atoms. The van der Waals surface area contributed by atoms with Crippen molar-refractivity contribution in [1.29, 1.82) is 0 Å². The van der Waals surface area contributed by atoms with Gasteiger partial charge in [-0.1, -0.05) is 6.07 Å². The highest BCUT2D eigenvalue weighted by Crippen LogP contribution is 2.29. The second-order valence-electron chi connectivity index (χ2n) is 5.37. The lowest BCUT2D eigenvalue weighted by atomic mass is 10.1. The van der Waals surface area contributed by atoms with E-state index in [1.807, 2.05) is 0 Å². The highest BCUT2D eigenvalue weighted by Gasteiger charge is 2.33. The Bertz CT molecular complexity index is 685. The molecule has 2 aromatic heterocycles. The van der Waals surface area contributed by atoms with Crippen LogP contribution in [0, 0.1) is 5.82 Å². The van der Waals surface area contributed by atoms with Gasteiger partial charge in [-0.2, -0.15) is 13.2 Å². The zero-order valence-electron chi connectivity index (χ0n) is 12.5. The van der Waals surface area contributed by atoms with Gasteiger partial charge in [0.1, 0.15) is 17.6 Å². The fourth-order valence-electron chi connectivity index (χ4n) is 2.47. The molecule has 0 saturated carbocycles. The quantitative estimate of drug-likeness (QED) is 0.803. The summed E-state index contributed by atoms with van der Waals surface area (Å²) in [6, 6.07) is 3.94. The van der Waals surface area contributed by atoms with E-state index in [4.69, 9.17) is 4.74 Å². The number of ether oxygens (including phenoxy) is 1. The Morgan fingerprint density at radius 1 is 1.08 bits per heavy atom. The monoisotopic (exact) mass is 342 g/mol. The summed E-state index contributed by atoms with van der Waals surface area (Å²) in [6.07, 6.45) is -1.43. The topological polar surface area (TPSA) is 51.1 Å². The van der Waals surface area contributed by atoms with Gasteiger partial charge >= 0.3 is 12.2 Å². The van der Waals surface area contributed by atoms with Crippen LogP contribution in [-0.2, 0) is 6.18 Å². The summed E-state index contributed by atoms with van der Waals surface area (Å²) < 4.78 is 56.5. The van der Waals surface area contributed by atoms with Crippen LogP contribution >= 0.6 is 0 Å². The molecule has 0 N–H and O–H groups in total. The van der Waals surface area contributed by atoms with Crippen LogP contribution in [0.1, 0.15) is 18.5 Å². The smallest absolute Gasteiger partial charge is 0.433 e. The lowest BCUT2D eigenvalue weighted by molar-refractivity contribution is -0.141. The lowest BCUT2D eigenvalue weighted by Crippen LogP contribution is -2.39.